The fourth-order valence-corrected chi connectivity index (χ4v) is 2.58. The summed E-state index contributed by atoms with van der Waals surface area (Å²) in [4.78, 5) is 4.95. The smallest absolute Gasteiger partial charge is 0.136 e. The molecule has 18 heavy (non-hydrogen) atoms. The van der Waals surface area contributed by atoms with Crippen LogP contribution in [0.5, 0.6) is 0 Å². The van der Waals surface area contributed by atoms with Crippen molar-refractivity contribution in [2.45, 2.75) is 10.6 Å². The summed E-state index contributed by atoms with van der Waals surface area (Å²) in [6.45, 7) is 0. The summed E-state index contributed by atoms with van der Waals surface area (Å²) >= 11 is 7.45. The van der Waals surface area contributed by atoms with Crippen molar-refractivity contribution in [3.05, 3.63) is 52.9 Å². The van der Waals surface area contributed by atoms with Gasteiger partial charge in [-0.1, -0.05) is 23.7 Å². The first-order valence-electron chi connectivity index (χ1n) is 5.41. The van der Waals surface area contributed by atoms with E-state index in [4.69, 9.17) is 11.6 Å². The summed E-state index contributed by atoms with van der Waals surface area (Å²) in [5.41, 5.74) is 0.747. The molecule has 0 radical (unpaired) electrons. The van der Waals surface area contributed by atoms with Crippen LogP contribution in [0.2, 0.25) is 5.02 Å². The maximum Gasteiger partial charge on any atom is 0.136 e. The monoisotopic (exact) mass is 282 g/mol. The van der Waals surface area contributed by atoms with Gasteiger partial charge in [0.1, 0.15) is 11.6 Å². The van der Waals surface area contributed by atoms with Crippen LogP contribution in [-0.2, 0) is 5.75 Å². The summed E-state index contributed by atoms with van der Waals surface area (Å²) in [6.07, 6.45) is 0. The van der Waals surface area contributed by atoms with Crippen molar-refractivity contribution in [3.63, 3.8) is 0 Å². The summed E-state index contributed by atoms with van der Waals surface area (Å²) in [6, 6.07) is 10.3. The molecule has 2 nitrogen and oxygen atoms in total. The molecule has 0 atom stereocenters. The lowest BCUT2D eigenvalue weighted by Crippen LogP contribution is -1.96. The van der Waals surface area contributed by atoms with Crippen molar-refractivity contribution in [3.8, 4) is 0 Å². The zero-order valence-corrected chi connectivity index (χ0v) is 11.4. The van der Waals surface area contributed by atoms with Gasteiger partial charge >= 0.3 is 0 Å². The SMILES string of the molecule is CNc1ccc(Cl)c(CSc2ccccc2F)n1. The van der Waals surface area contributed by atoms with Crippen molar-refractivity contribution in [1.82, 2.24) is 4.98 Å². The van der Waals surface area contributed by atoms with Gasteiger partial charge in [0.2, 0.25) is 0 Å². The minimum absolute atomic E-state index is 0.219. The number of benzene rings is 1. The predicted octanol–water partition coefficient (Wildman–Crippen LogP) is 4.21. The number of anilines is 1. The maximum atomic E-state index is 13.5. The third-order valence-electron chi connectivity index (χ3n) is 2.38. The van der Waals surface area contributed by atoms with Crippen molar-refractivity contribution >= 4 is 29.2 Å². The largest absolute Gasteiger partial charge is 0.373 e. The molecule has 0 amide bonds. The van der Waals surface area contributed by atoms with Crippen molar-refractivity contribution in [1.29, 1.82) is 0 Å². The van der Waals surface area contributed by atoms with Crippen molar-refractivity contribution < 1.29 is 4.39 Å². The lowest BCUT2D eigenvalue weighted by Gasteiger charge is -2.06. The zero-order chi connectivity index (χ0) is 13.0. The zero-order valence-electron chi connectivity index (χ0n) is 9.78. The molecule has 0 aliphatic heterocycles. The Morgan fingerprint density at radius 1 is 1.28 bits per heavy atom. The summed E-state index contributed by atoms with van der Waals surface area (Å²) < 4.78 is 13.5. The highest BCUT2D eigenvalue weighted by Gasteiger charge is 2.07. The van der Waals surface area contributed by atoms with E-state index in [9.17, 15) is 4.39 Å². The number of nitrogens with zero attached hydrogens (tertiary/aromatic N) is 1. The Hall–Kier alpha value is -1.26. The van der Waals surface area contributed by atoms with Gasteiger partial charge in [-0.3, -0.25) is 0 Å². The van der Waals surface area contributed by atoms with E-state index >= 15 is 0 Å². The lowest BCUT2D eigenvalue weighted by molar-refractivity contribution is 0.602. The normalized spacial score (nSPS) is 10.4. The van der Waals surface area contributed by atoms with E-state index in [1.165, 1.54) is 17.8 Å². The van der Waals surface area contributed by atoms with Gasteiger partial charge in [0.15, 0.2) is 0 Å². The third kappa shape index (κ3) is 3.15. The van der Waals surface area contributed by atoms with Gasteiger partial charge < -0.3 is 5.32 Å². The lowest BCUT2D eigenvalue weighted by atomic mass is 10.3. The average Bonchev–Trinajstić information content (AvgIpc) is 2.39. The van der Waals surface area contributed by atoms with Crippen LogP contribution in [0.25, 0.3) is 0 Å². The molecular weight excluding hydrogens is 271 g/mol. The Balaban J connectivity index is 2.13. The molecule has 0 spiro atoms. The Kier molecular flexibility index (Phi) is 4.44. The molecule has 1 aromatic carbocycles. The first kappa shape index (κ1) is 13.2. The molecule has 0 bridgehead atoms. The van der Waals surface area contributed by atoms with Gasteiger partial charge in [-0.2, -0.15) is 0 Å². The van der Waals surface area contributed by atoms with E-state index in [-0.39, 0.29) is 5.82 Å². The quantitative estimate of drug-likeness (QED) is 0.851. The maximum absolute atomic E-state index is 13.5. The second-order valence-corrected chi connectivity index (χ2v) is 5.02. The van der Waals surface area contributed by atoms with Crippen LogP contribution in [0.4, 0.5) is 10.2 Å². The van der Waals surface area contributed by atoms with Gasteiger partial charge in [-0.25, -0.2) is 9.37 Å². The number of pyridine rings is 1. The van der Waals surface area contributed by atoms with E-state index in [1.54, 1.807) is 31.3 Å². The first-order chi connectivity index (χ1) is 8.70. The van der Waals surface area contributed by atoms with E-state index in [2.05, 4.69) is 10.3 Å². The Morgan fingerprint density at radius 3 is 2.78 bits per heavy atom. The van der Waals surface area contributed by atoms with Gasteiger partial charge in [0.05, 0.1) is 10.7 Å². The molecule has 0 unspecified atom stereocenters. The number of halogens is 2. The molecule has 0 fully saturated rings. The molecule has 2 aromatic rings. The van der Waals surface area contributed by atoms with Gasteiger partial charge in [-0.15, -0.1) is 11.8 Å². The molecule has 5 heteroatoms. The summed E-state index contributed by atoms with van der Waals surface area (Å²) in [5.74, 6) is 1.07. The molecule has 1 aromatic heterocycles. The highest BCUT2D eigenvalue weighted by molar-refractivity contribution is 7.98. The molecule has 1 N–H and O–H groups in total. The standard InChI is InChI=1S/C13H12ClFN2S/c1-16-13-7-6-9(14)11(17-13)8-18-12-5-3-2-4-10(12)15/h2-7H,8H2,1H3,(H,16,17). The molecule has 0 aliphatic carbocycles. The number of aromatic nitrogens is 1. The molecule has 0 saturated carbocycles. The van der Waals surface area contributed by atoms with Gasteiger partial charge in [0.25, 0.3) is 0 Å². The van der Waals surface area contributed by atoms with E-state index in [0.29, 0.717) is 15.7 Å². The number of hydrogen-bond donors (Lipinski definition) is 1. The van der Waals surface area contributed by atoms with Crippen LogP contribution >= 0.6 is 23.4 Å². The second kappa shape index (κ2) is 6.07. The first-order valence-corrected chi connectivity index (χ1v) is 6.77. The van der Waals surface area contributed by atoms with Crippen LogP contribution in [0.1, 0.15) is 5.69 Å². The van der Waals surface area contributed by atoms with Crippen LogP contribution in [0, 0.1) is 5.82 Å². The van der Waals surface area contributed by atoms with E-state index in [0.717, 1.165) is 11.5 Å². The average molecular weight is 283 g/mol. The summed E-state index contributed by atoms with van der Waals surface area (Å²) in [7, 11) is 1.80. The third-order valence-corrected chi connectivity index (χ3v) is 3.78. The second-order valence-electron chi connectivity index (χ2n) is 3.59. The molecule has 1 heterocycles. The number of nitrogens with one attached hydrogen (secondary N) is 1. The van der Waals surface area contributed by atoms with Gasteiger partial charge in [0, 0.05) is 17.7 Å². The summed E-state index contributed by atoms with van der Waals surface area (Å²) in [5, 5.41) is 3.55. The Morgan fingerprint density at radius 2 is 2.06 bits per heavy atom. The van der Waals surface area contributed by atoms with Crippen LogP contribution in [0.3, 0.4) is 0 Å². The molecule has 94 valence electrons. The van der Waals surface area contributed by atoms with Crippen LogP contribution in [-0.4, -0.2) is 12.0 Å². The minimum Gasteiger partial charge on any atom is -0.373 e. The molecule has 0 aliphatic rings. The number of rotatable bonds is 4. The van der Waals surface area contributed by atoms with E-state index < -0.39 is 0 Å². The minimum atomic E-state index is -0.219. The van der Waals surface area contributed by atoms with Crippen molar-refractivity contribution in [2.24, 2.45) is 0 Å². The fourth-order valence-electron chi connectivity index (χ4n) is 1.43. The van der Waals surface area contributed by atoms with Crippen LogP contribution in [0.15, 0.2) is 41.3 Å². The Bertz CT molecular complexity index is 548. The molecule has 2 rings (SSSR count). The molecular formula is C13H12ClFN2S. The number of thioether (sulfide) groups is 1. The highest BCUT2D eigenvalue weighted by atomic mass is 35.5. The number of hydrogen-bond acceptors (Lipinski definition) is 3. The predicted molar refractivity (Wildman–Crippen MR) is 74.8 cm³/mol. The fraction of sp³-hybridized carbons (Fsp3) is 0.154. The van der Waals surface area contributed by atoms with Crippen LogP contribution < -0.4 is 5.32 Å². The van der Waals surface area contributed by atoms with E-state index in [1.807, 2.05) is 6.07 Å². The highest BCUT2D eigenvalue weighted by Crippen LogP contribution is 2.28. The van der Waals surface area contributed by atoms with Crippen molar-refractivity contribution in [2.75, 3.05) is 12.4 Å². The Labute approximate surface area is 115 Å². The van der Waals surface area contributed by atoms with Gasteiger partial charge in [-0.05, 0) is 24.3 Å². The molecule has 0 saturated heterocycles. The topological polar surface area (TPSA) is 24.9 Å².